The summed E-state index contributed by atoms with van der Waals surface area (Å²) in [6, 6.07) is 0. The molecule has 0 saturated heterocycles. The predicted molar refractivity (Wildman–Crippen MR) is 54.1 cm³/mol. The average Bonchev–Trinajstić information content (AvgIpc) is 2.70. The van der Waals surface area contributed by atoms with Gasteiger partial charge in [0.25, 0.3) is 0 Å². The van der Waals surface area contributed by atoms with Crippen molar-refractivity contribution in [2.24, 2.45) is 5.92 Å². The van der Waals surface area contributed by atoms with Gasteiger partial charge in [-0.05, 0) is 6.92 Å². The number of aliphatic hydroxyl groups is 1. The highest BCUT2D eigenvalue weighted by Crippen LogP contribution is 2.11. The van der Waals surface area contributed by atoms with Gasteiger partial charge in [-0.3, -0.25) is 4.79 Å². The molecule has 80 valence electrons. The van der Waals surface area contributed by atoms with Crippen molar-refractivity contribution in [2.45, 2.75) is 6.92 Å². The zero-order valence-corrected chi connectivity index (χ0v) is 8.34. The van der Waals surface area contributed by atoms with E-state index in [2.05, 4.69) is 4.74 Å². The molecule has 0 heterocycles. The molecule has 1 rings (SSSR count). The highest BCUT2D eigenvalue weighted by atomic mass is 16.5. The van der Waals surface area contributed by atoms with Crippen LogP contribution in [0, 0.1) is 5.92 Å². The van der Waals surface area contributed by atoms with E-state index in [0.717, 1.165) is 6.08 Å². The van der Waals surface area contributed by atoms with Crippen LogP contribution in [0.5, 0.6) is 0 Å². The molecule has 0 aromatic rings. The summed E-state index contributed by atoms with van der Waals surface area (Å²) in [6.07, 6.45) is 7.72. The zero-order chi connectivity index (χ0) is 11.3. The van der Waals surface area contributed by atoms with Crippen molar-refractivity contribution in [1.29, 1.82) is 0 Å². The van der Waals surface area contributed by atoms with E-state index in [4.69, 9.17) is 0 Å². The van der Waals surface area contributed by atoms with Gasteiger partial charge in [-0.25, -0.2) is 4.79 Å². The average molecular weight is 208 g/mol. The van der Waals surface area contributed by atoms with Gasteiger partial charge < -0.3 is 9.84 Å². The number of carbonyl (C=O) groups is 2. The van der Waals surface area contributed by atoms with Crippen LogP contribution in [0.25, 0.3) is 0 Å². The summed E-state index contributed by atoms with van der Waals surface area (Å²) in [7, 11) is 0. The smallest absolute Gasteiger partial charge is 0.373 e. The number of ether oxygens (including phenoxy) is 1. The molecule has 0 bridgehead atoms. The molecule has 1 N–H and O–H groups in total. The Labute approximate surface area is 87.5 Å². The molecule has 0 aromatic heterocycles. The van der Waals surface area contributed by atoms with Crippen LogP contribution in [-0.2, 0) is 14.3 Å². The molecule has 1 aliphatic carbocycles. The number of allylic oxidation sites excluding steroid dienone is 5. The van der Waals surface area contributed by atoms with Gasteiger partial charge in [-0.1, -0.05) is 24.3 Å². The van der Waals surface area contributed by atoms with Gasteiger partial charge in [0.2, 0.25) is 5.76 Å². The Bertz CT molecular complexity index is 338. The minimum absolute atomic E-state index is 0.161. The summed E-state index contributed by atoms with van der Waals surface area (Å²) in [4.78, 5) is 22.4. The monoisotopic (exact) mass is 208 g/mol. The van der Waals surface area contributed by atoms with Gasteiger partial charge in [-0.15, -0.1) is 0 Å². The van der Waals surface area contributed by atoms with Gasteiger partial charge in [0.05, 0.1) is 12.5 Å². The minimum atomic E-state index is -0.878. The molecule has 0 aromatic carbocycles. The second-order valence-corrected chi connectivity index (χ2v) is 2.95. The number of ketones is 1. The van der Waals surface area contributed by atoms with Crippen molar-refractivity contribution in [3.05, 3.63) is 36.1 Å². The molecule has 4 nitrogen and oxygen atoms in total. The van der Waals surface area contributed by atoms with E-state index in [1.807, 2.05) is 0 Å². The van der Waals surface area contributed by atoms with Crippen LogP contribution in [0.4, 0.5) is 0 Å². The van der Waals surface area contributed by atoms with Gasteiger partial charge in [0.1, 0.15) is 0 Å². The topological polar surface area (TPSA) is 63.6 Å². The maximum absolute atomic E-state index is 11.4. The van der Waals surface area contributed by atoms with E-state index >= 15 is 0 Å². The summed E-state index contributed by atoms with van der Waals surface area (Å²) < 4.78 is 4.52. The first-order chi connectivity index (χ1) is 7.15. The van der Waals surface area contributed by atoms with Crippen LogP contribution in [0.1, 0.15) is 6.92 Å². The van der Waals surface area contributed by atoms with Crippen molar-refractivity contribution >= 4 is 11.8 Å². The quantitative estimate of drug-likeness (QED) is 0.429. The molecule has 15 heavy (non-hydrogen) atoms. The van der Waals surface area contributed by atoms with E-state index in [1.165, 1.54) is 0 Å². The second kappa shape index (κ2) is 5.14. The molecule has 1 aliphatic rings. The molecule has 0 fully saturated rings. The molecule has 0 unspecified atom stereocenters. The zero-order valence-electron chi connectivity index (χ0n) is 8.34. The van der Waals surface area contributed by atoms with Crippen molar-refractivity contribution in [2.75, 3.05) is 6.61 Å². The molecule has 0 spiro atoms. The molecular formula is C11H12O4. The number of hydrogen-bond acceptors (Lipinski definition) is 4. The summed E-state index contributed by atoms with van der Waals surface area (Å²) in [5.41, 5.74) is 0. The molecule has 4 heteroatoms. The minimum Gasteiger partial charge on any atom is -0.502 e. The molecule has 0 aliphatic heterocycles. The van der Waals surface area contributed by atoms with Crippen molar-refractivity contribution < 1.29 is 19.4 Å². The number of carbonyl (C=O) groups excluding carboxylic acids is 2. The third-order valence-corrected chi connectivity index (χ3v) is 1.84. The Morgan fingerprint density at radius 3 is 2.53 bits per heavy atom. The van der Waals surface area contributed by atoms with Crippen molar-refractivity contribution in [1.82, 2.24) is 0 Å². The Balaban J connectivity index is 2.61. The lowest BCUT2D eigenvalue weighted by molar-refractivity contribution is -0.141. The summed E-state index contributed by atoms with van der Waals surface area (Å²) in [5, 5.41) is 9.20. The van der Waals surface area contributed by atoms with Gasteiger partial charge in [0, 0.05) is 6.08 Å². The normalized spacial score (nSPS) is 15.7. The lowest BCUT2D eigenvalue weighted by atomic mass is 10.1. The lowest BCUT2D eigenvalue weighted by Crippen LogP contribution is -2.12. The molecule has 0 amide bonds. The second-order valence-electron chi connectivity index (χ2n) is 2.95. The van der Waals surface area contributed by atoms with Gasteiger partial charge in [-0.2, -0.15) is 0 Å². The van der Waals surface area contributed by atoms with Crippen LogP contribution in [0.15, 0.2) is 36.1 Å². The van der Waals surface area contributed by atoms with Crippen LogP contribution < -0.4 is 0 Å². The number of rotatable bonds is 4. The fraction of sp³-hybridized carbons (Fsp3) is 0.273. The standard InChI is InChI=1S/C11H12O4/c1-2-15-11(14)10(13)7-9(12)8-5-3-4-6-8/h3-8,13H,2H2,1H3/b10-7-. The summed E-state index contributed by atoms with van der Waals surface area (Å²) in [6.45, 7) is 1.78. The fourth-order valence-corrected chi connectivity index (χ4v) is 1.12. The lowest BCUT2D eigenvalue weighted by Gasteiger charge is -2.01. The number of esters is 1. The molecule has 0 saturated carbocycles. The number of hydrogen-bond donors (Lipinski definition) is 1. The van der Waals surface area contributed by atoms with Crippen molar-refractivity contribution in [3.8, 4) is 0 Å². The van der Waals surface area contributed by atoms with Crippen LogP contribution in [0.3, 0.4) is 0 Å². The van der Waals surface area contributed by atoms with Crippen LogP contribution >= 0.6 is 0 Å². The number of aliphatic hydroxyl groups excluding tert-OH is 1. The van der Waals surface area contributed by atoms with E-state index in [-0.39, 0.29) is 18.3 Å². The van der Waals surface area contributed by atoms with E-state index < -0.39 is 11.7 Å². The summed E-state index contributed by atoms with van der Waals surface area (Å²) in [5.74, 6) is -2.26. The van der Waals surface area contributed by atoms with E-state index in [9.17, 15) is 14.7 Å². The highest BCUT2D eigenvalue weighted by Gasteiger charge is 2.16. The first-order valence-electron chi connectivity index (χ1n) is 4.61. The van der Waals surface area contributed by atoms with E-state index in [1.54, 1.807) is 31.2 Å². The Morgan fingerprint density at radius 1 is 1.40 bits per heavy atom. The van der Waals surface area contributed by atoms with Crippen molar-refractivity contribution in [3.63, 3.8) is 0 Å². The van der Waals surface area contributed by atoms with Gasteiger partial charge >= 0.3 is 5.97 Å². The first-order valence-corrected chi connectivity index (χ1v) is 4.61. The van der Waals surface area contributed by atoms with Gasteiger partial charge in [0.15, 0.2) is 5.78 Å². The fourth-order valence-electron chi connectivity index (χ4n) is 1.12. The maximum atomic E-state index is 11.4. The Morgan fingerprint density at radius 2 is 2.00 bits per heavy atom. The Kier molecular flexibility index (Phi) is 3.85. The van der Waals surface area contributed by atoms with E-state index in [0.29, 0.717) is 0 Å². The molecule has 0 radical (unpaired) electrons. The predicted octanol–water partition coefficient (Wildman–Crippen LogP) is 1.30. The van der Waals surface area contributed by atoms with Crippen LogP contribution in [-0.4, -0.2) is 23.5 Å². The third-order valence-electron chi connectivity index (χ3n) is 1.84. The maximum Gasteiger partial charge on any atom is 0.373 e. The van der Waals surface area contributed by atoms with Crippen LogP contribution in [0.2, 0.25) is 0 Å². The third kappa shape index (κ3) is 3.09. The Hall–Kier alpha value is -1.84. The summed E-state index contributed by atoms with van der Waals surface area (Å²) >= 11 is 0. The molecule has 0 atom stereocenters. The highest BCUT2D eigenvalue weighted by molar-refractivity contribution is 6.00. The first kappa shape index (κ1) is 11.2. The largest absolute Gasteiger partial charge is 0.502 e. The SMILES string of the molecule is CCOC(=O)/C(O)=C/C(=O)C1C=CC=C1. The molecular weight excluding hydrogens is 196 g/mol.